The van der Waals surface area contributed by atoms with E-state index in [-0.39, 0.29) is 11.3 Å². The third kappa shape index (κ3) is 5.55. The number of benzene rings is 1. The molecule has 0 bridgehead atoms. The molecular weight excluding hydrogens is 350 g/mol. The molecule has 1 aromatic carbocycles. The van der Waals surface area contributed by atoms with Crippen LogP contribution in [0.3, 0.4) is 0 Å². The highest BCUT2D eigenvalue weighted by Crippen LogP contribution is 2.24. The minimum absolute atomic E-state index is 0.0734. The van der Waals surface area contributed by atoms with Gasteiger partial charge in [0, 0.05) is 10.9 Å². The number of aromatic nitrogens is 2. The van der Waals surface area contributed by atoms with Gasteiger partial charge in [0.05, 0.1) is 6.42 Å². The predicted octanol–water partition coefficient (Wildman–Crippen LogP) is 4.07. The van der Waals surface area contributed by atoms with E-state index in [0.717, 1.165) is 21.5 Å². The first kappa shape index (κ1) is 16.1. The van der Waals surface area contributed by atoms with Crippen LogP contribution in [0.25, 0.3) is 0 Å². The van der Waals surface area contributed by atoms with E-state index in [0.29, 0.717) is 11.6 Å². The van der Waals surface area contributed by atoms with Crippen LogP contribution in [-0.2, 0) is 17.6 Å². The van der Waals surface area contributed by atoms with Crippen molar-refractivity contribution in [1.29, 1.82) is 0 Å². The lowest BCUT2D eigenvalue weighted by atomic mass is 9.93. The first-order valence-electron chi connectivity index (χ1n) is 6.68. The van der Waals surface area contributed by atoms with Crippen LogP contribution in [0, 0.1) is 5.41 Å². The van der Waals surface area contributed by atoms with Gasteiger partial charge in [-0.1, -0.05) is 60.2 Å². The summed E-state index contributed by atoms with van der Waals surface area (Å²) in [6.45, 7) is 6.46. The molecule has 0 spiro atoms. The standard InChI is InChI=1S/C15H18BrN3OS/c1-15(2,3)9-13-18-19-14(21-13)17-12(20)8-10-4-6-11(16)7-5-10/h4-7H,8-9H2,1-3H3,(H,17,19,20). The number of amides is 1. The van der Waals surface area contributed by atoms with Crippen molar-refractivity contribution in [2.45, 2.75) is 33.6 Å². The average molecular weight is 368 g/mol. The van der Waals surface area contributed by atoms with Crippen LogP contribution in [0.2, 0.25) is 0 Å². The molecular formula is C15H18BrN3OS. The molecule has 1 heterocycles. The predicted molar refractivity (Wildman–Crippen MR) is 89.5 cm³/mol. The summed E-state index contributed by atoms with van der Waals surface area (Å²) in [5.74, 6) is -0.0734. The average Bonchev–Trinajstić information content (AvgIpc) is 2.77. The van der Waals surface area contributed by atoms with E-state index < -0.39 is 0 Å². The van der Waals surface area contributed by atoms with Gasteiger partial charge in [0.15, 0.2) is 0 Å². The van der Waals surface area contributed by atoms with Gasteiger partial charge in [0.2, 0.25) is 11.0 Å². The number of anilines is 1. The number of carbonyl (C=O) groups is 1. The van der Waals surface area contributed by atoms with Crippen molar-refractivity contribution in [3.63, 3.8) is 0 Å². The molecule has 1 amide bonds. The maximum Gasteiger partial charge on any atom is 0.230 e. The molecule has 4 nitrogen and oxygen atoms in total. The lowest BCUT2D eigenvalue weighted by molar-refractivity contribution is -0.115. The number of halogens is 1. The number of carbonyl (C=O) groups excluding carboxylic acids is 1. The Kier molecular flexibility index (Phi) is 5.11. The fraction of sp³-hybridized carbons (Fsp3) is 0.400. The van der Waals surface area contributed by atoms with Gasteiger partial charge >= 0.3 is 0 Å². The molecule has 112 valence electrons. The Hall–Kier alpha value is -1.27. The topological polar surface area (TPSA) is 54.9 Å². The lowest BCUT2D eigenvalue weighted by Crippen LogP contribution is -2.14. The monoisotopic (exact) mass is 367 g/mol. The summed E-state index contributed by atoms with van der Waals surface area (Å²) in [5, 5.41) is 12.5. The van der Waals surface area contributed by atoms with Crippen molar-refractivity contribution >= 4 is 38.3 Å². The summed E-state index contributed by atoms with van der Waals surface area (Å²) in [6.07, 6.45) is 1.19. The van der Waals surface area contributed by atoms with Gasteiger partial charge in [-0.2, -0.15) is 0 Å². The molecule has 0 saturated heterocycles. The fourth-order valence-electron chi connectivity index (χ4n) is 1.78. The zero-order valence-electron chi connectivity index (χ0n) is 12.3. The normalized spacial score (nSPS) is 11.4. The van der Waals surface area contributed by atoms with Crippen molar-refractivity contribution in [3.05, 3.63) is 39.3 Å². The summed E-state index contributed by atoms with van der Waals surface area (Å²) >= 11 is 4.81. The van der Waals surface area contributed by atoms with Crippen LogP contribution in [-0.4, -0.2) is 16.1 Å². The minimum Gasteiger partial charge on any atom is -0.300 e. The molecule has 0 unspecified atom stereocenters. The fourth-order valence-corrected chi connectivity index (χ4v) is 3.10. The van der Waals surface area contributed by atoms with E-state index in [1.165, 1.54) is 11.3 Å². The maximum absolute atomic E-state index is 12.0. The Balaban J connectivity index is 1.92. The van der Waals surface area contributed by atoms with E-state index in [9.17, 15) is 4.79 Å². The molecule has 0 aliphatic carbocycles. The SMILES string of the molecule is CC(C)(C)Cc1nnc(NC(=O)Cc2ccc(Br)cc2)s1. The smallest absolute Gasteiger partial charge is 0.230 e. The highest BCUT2D eigenvalue weighted by Gasteiger charge is 2.16. The number of hydrogen-bond donors (Lipinski definition) is 1. The van der Waals surface area contributed by atoms with Crippen LogP contribution < -0.4 is 5.32 Å². The maximum atomic E-state index is 12.0. The molecule has 21 heavy (non-hydrogen) atoms. The summed E-state index contributed by atoms with van der Waals surface area (Å²) in [6, 6.07) is 7.70. The second kappa shape index (κ2) is 6.66. The van der Waals surface area contributed by atoms with Crippen molar-refractivity contribution in [2.75, 3.05) is 5.32 Å². The second-order valence-corrected chi connectivity index (χ2v) is 8.07. The lowest BCUT2D eigenvalue weighted by Gasteiger charge is -2.14. The van der Waals surface area contributed by atoms with Gasteiger partial charge in [-0.15, -0.1) is 10.2 Å². The van der Waals surface area contributed by atoms with E-state index in [1.807, 2.05) is 24.3 Å². The first-order valence-corrected chi connectivity index (χ1v) is 8.29. The summed E-state index contributed by atoms with van der Waals surface area (Å²) in [5.41, 5.74) is 1.13. The van der Waals surface area contributed by atoms with E-state index in [1.54, 1.807) is 0 Å². The number of nitrogens with one attached hydrogen (secondary N) is 1. The molecule has 6 heteroatoms. The Bertz CT molecular complexity index is 617. The second-order valence-electron chi connectivity index (χ2n) is 6.09. The zero-order chi connectivity index (χ0) is 15.5. The number of rotatable bonds is 4. The van der Waals surface area contributed by atoms with E-state index >= 15 is 0 Å². The van der Waals surface area contributed by atoms with Crippen LogP contribution in [0.4, 0.5) is 5.13 Å². The Labute approximate surface area is 137 Å². The van der Waals surface area contributed by atoms with Gasteiger partial charge in [-0.3, -0.25) is 4.79 Å². The molecule has 1 N–H and O–H groups in total. The van der Waals surface area contributed by atoms with E-state index in [2.05, 4.69) is 52.2 Å². The first-order chi connectivity index (χ1) is 9.82. The third-order valence-electron chi connectivity index (χ3n) is 2.67. The van der Waals surface area contributed by atoms with Crippen LogP contribution in [0.1, 0.15) is 31.3 Å². The molecule has 0 aliphatic heterocycles. The Morgan fingerprint density at radius 3 is 2.52 bits per heavy atom. The largest absolute Gasteiger partial charge is 0.300 e. The van der Waals surface area contributed by atoms with Crippen LogP contribution in [0.15, 0.2) is 28.7 Å². The molecule has 2 aromatic rings. The summed E-state index contributed by atoms with van der Waals surface area (Å²) in [7, 11) is 0. The van der Waals surface area contributed by atoms with Gasteiger partial charge in [-0.25, -0.2) is 0 Å². The van der Waals surface area contributed by atoms with Crippen LogP contribution in [0.5, 0.6) is 0 Å². The summed E-state index contributed by atoms with van der Waals surface area (Å²) < 4.78 is 1.00. The molecule has 0 saturated carbocycles. The Morgan fingerprint density at radius 1 is 1.24 bits per heavy atom. The minimum atomic E-state index is -0.0734. The Morgan fingerprint density at radius 2 is 1.90 bits per heavy atom. The molecule has 0 atom stereocenters. The molecule has 0 fully saturated rings. The number of hydrogen-bond acceptors (Lipinski definition) is 4. The zero-order valence-corrected chi connectivity index (χ0v) is 14.7. The van der Waals surface area contributed by atoms with Gasteiger partial charge < -0.3 is 5.32 Å². The van der Waals surface area contributed by atoms with Gasteiger partial charge in [0.25, 0.3) is 0 Å². The van der Waals surface area contributed by atoms with Crippen LogP contribution >= 0.6 is 27.3 Å². The molecule has 0 aliphatic rings. The van der Waals surface area contributed by atoms with Crippen molar-refractivity contribution in [2.24, 2.45) is 5.41 Å². The van der Waals surface area contributed by atoms with Gasteiger partial charge in [-0.05, 0) is 23.1 Å². The molecule has 1 aromatic heterocycles. The van der Waals surface area contributed by atoms with Crippen molar-refractivity contribution < 1.29 is 4.79 Å². The molecule has 2 rings (SSSR count). The number of nitrogens with zero attached hydrogens (tertiary/aromatic N) is 2. The quantitative estimate of drug-likeness (QED) is 0.885. The third-order valence-corrected chi connectivity index (χ3v) is 4.04. The summed E-state index contributed by atoms with van der Waals surface area (Å²) in [4.78, 5) is 12.0. The van der Waals surface area contributed by atoms with Gasteiger partial charge in [0.1, 0.15) is 5.01 Å². The van der Waals surface area contributed by atoms with E-state index in [4.69, 9.17) is 0 Å². The molecule has 0 radical (unpaired) electrons. The highest BCUT2D eigenvalue weighted by molar-refractivity contribution is 9.10. The van der Waals surface area contributed by atoms with Crippen molar-refractivity contribution in [1.82, 2.24) is 10.2 Å². The highest BCUT2D eigenvalue weighted by atomic mass is 79.9. The van der Waals surface area contributed by atoms with Crippen molar-refractivity contribution in [3.8, 4) is 0 Å².